The molecule has 2 aliphatic carbocycles. The second kappa shape index (κ2) is 14.4. The van der Waals surface area contributed by atoms with Crippen molar-refractivity contribution >= 4 is 29.4 Å². The number of carbonyl (C=O) groups is 3. The van der Waals surface area contributed by atoms with Crippen LogP contribution in [0.15, 0.2) is 73.1 Å². The number of aromatic hydroxyl groups is 1. The van der Waals surface area contributed by atoms with Crippen LogP contribution in [0.25, 0.3) is 0 Å². The van der Waals surface area contributed by atoms with E-state index >= 15 is 0 Å². The van der Waals surface area contributed by atoms with Crippen LogP contribution in [-0.2, 0) is 22.6 Å². The monoisotopic (exact) mass is 793 g/mol. The number of nitrogens with zero attached hydrogens (tertiary/aromatic N) is 6. The molecule has 0 bridgehead atoms. The first-order valence-corrected chi connectivity index (χ1v) is 21.6. The molecular formula is C47H51N7O5. The van der Waals surface area contributed by atoms with Gasteiger partial charge in [0.05, 0.1) is 11.7 Å². The standard InChI is InChI=1S/C47H51N7O5/c55-35-7-9-37-31(18-35)6-8-36(30-4-2-1-3-5-30)43(37)33-23-48-46(49-24-33)52-14-12-47(13-15-52)21-29(22-47)25-51-16-17-53-34(27-51)28-59-41-20-38-32(19-40(41)53)26-54(45(38)58)39-10-11-42(56)50-44(39)57/h1-5,7,9,18-20,23-24,29,34,36,39,43,55H,6,8,10-17,21-22,25-28H2,(H,50,56,57)/t34-,36+,39-,43-/m0/s1. The zero-order valence-electron chi connectivity index (χ0n) is 33.4. The number of hydrogen-bond acceptors (Lipinski definition) is 10. The smallest absolute Gasteiger partial charge is 0.255 e. The highest BCUT2D eigenvalue weighted by Crippen LogP contribution is 2.53. The van der Waals surface area contributed by atoms with Gasteiger partial charge in [-0.1, -0.05) is 36.4 Å². The van der Waals surface area contributed by atoms with Gasteiger partial charge in [-0.2, -0.15) is 0 Å². The van der Waals surface area contributed by atoms with Crippen LogP contribution in [0.2, 0.25) is 0 Å². The van der Waals surface area contributed by atoms with Crippen molar-refractivity contribution in [2.75, 3.05) is 55.7 Å². The SMILES string of the molecule is O=C1CC[C@H](N2Cc3cc4c(cc3C2=O)OC[C@@H]2CN(CC3CC5(CCN(c6ncc([C@@H]7c8ccc(O)cc8CC[C@@H]7c7ccccc7)cn6)CC5)C3)CCN42)C(=O)N1. The molecule has 0 radical (unpaired) electrons. The largest absolute Gasteiger partial charge is 0.508 e. The van der Waals surface area contributed by atoms with E-state index in [1.54, 1.807) is 4.90 Å². The number of anilines is 2. The molecule has 5 aliphatic heterocycles. The number of nitrogens with one attached hydrogen (secondary N) is 1. The Morgan fingerprint density at radius 3 is 2.46 bits per heavy atom. The zero-order valence-corrected chi connectivity index (χ0v) is 33.4. The molecule has 4 fully saturated rings. The van der Waals surface area contributed by atoms with Gasteiger partial charge >= 0.3 is 0 Å². The Morgan fingerprint density at radius 2 is 1.66 bits per heavy atom. The van der Waals surface area contributed by atoms with Gasteiger partial charge in [-0.25, -0.2) is 9.97 Å². The fourth-order valence-electron chi connectivity index (χ4n) is 11.8. The summed E-state index contributed by atoms with van der Waals surface area (Å²) >= 11 is 0. The van der Waals surface area contributed by atoms with E-state index in [1.165, 1.54) is 42.4 Å². The van der Waals surface area contributed by atoms with Gasteiger partial charge in [0.15, 0.2) is 0 Å². The van der Waals surface area contributed by atoms with E-state index in [0.717, 1.165) is 80.6 Å². The van der Waals surface area contributed by atoms with Crippen LogP contribution in [0.5, 0.6) is 11.5 Å². The number of benzene rings is 3. The summed E-state index contributed by atoms with van der Waals surface area (Å²) in [5, 5.41) is 12.6. The maximum absolute atomic E-state index is 13.4. The average Bonchev–Trinajstić information content (AvgIpc) is 3.56. The highest BCUT2D eigenvalue weighted by Gasteiger charge is 2.47. The Labute approximate surface area is 344 Å². The van der Waals surface area contributed by atoms with Crippen molar-refractivity contribution in [2.45, 2.75) is 81.8 Å². The summed E-state index contributed by atoms with van der Waals surface area (Å²) in [6.07, 6.45) is 11.6. The molecule has 1 spiro atoms. The van der Waals surface area contributed by atoms with E-state index in [9.17, 15) is 19.5 Å². The van der Waals surface area contributed by atoms with Crippen LogP contribution in [0.3, 0.4) is 0 Å². The maximum atomic E-state index is 13.4. The number of hydrogen-bond donors (Lipinski definition) is 2. The number of imide groups is 1. The number of fused-ring (bicyclic) bond motifs is 5. The molecule has 3 amide bonds. The third-order valence-corrected chi connectivity index (χ3v) is 14.8. The van der Waals surface area contributed by atoms with Crippen molar-refractivity contribution in [3.63, 3.8) is 0 Å². The summed E-state index contributed by atoms with van der Waals surface area (Å²) in [6, 6.07) is 20.2. The van der Waals surface area contributed by atoms with Crippen molar-refractivity contribution in [3.05, 3.63) is 106 Å². The predicted molar refractivity (Wildman–Crippen MR) is 222 cm³/mol. The summed E-state index contributed by atoms with van der Waals surface area (Å²) in [5.41, 5.74) is 7.94. The quantitative estimate of drug-likeness (QED) is 0.246. The van der Waals surface area contributed by atoms with Gasteiger partial charge in [0.1, 0.15) is 24.1 Å². The van der Waals surface area contributed by atoms with E-state index in [-0.39, 0.29) is 36.1 Å². The van der Waals surface area contributed by atoms with E-state index < -0.39 is 6.04 Å². The minimum Gasteiger partial charge on any atom is -0.508 e. The number of ether oxygens (including phenoxy) is 1. The lowest BCUT2D eigenvalue weighted by Crippen LogP contribution is -2.59. The number of aromatic nitrogens is 2. The Bertz CT molecular complexity index is 2300. The van der Waals surface area contributed by atoms with Crippen LogP contribution in [0.4, 0.5) is 11.6 Å². The molecule has 4 atom stereocenters. The van der Waals surface area contributed by atoms with Crippen LogP contribution < -0.4 is 19.9 Å². The molecule has 0 unspecified atom stereocenters. The second-order valence-corrected chi connectivity index (χ2v) is 18.3. The lowest BCUT2D eigenvalue weighted by molar-refractivity contribution is -0.136. The highest BCUT2D eigenvalue weighted by atomic mass is 16.5. The second-order valence-electron chi connectivity index (χ2n) is 18.3. The molecule has 1 aromatic heterocycles. The number of amides is 3. The summed E-state index contributed by atoms with van der Waals surface area (Å²) in [6.45, 7) is 6.94. The van der Waals surface area contributed by atoms with Crippen molar-refractivity contribution in [2.24, 2.45) is 11.3 Å². The fraction of sp³-hybridized carbons (Fsp3) is 0.468. The molecule has 1 saturated carbocycles. The maximum Gasteiger partial charge on any atom is 0.255 e. The van der Waals surface area contributed by atoms with Crippen molar-refractivity contribution in [1.82, 2.24) is 25.1 Å². The first-order chi connectivity index (χ1) is 28.8. The van der Waals surface area contributed by atoms with E-state index in [0.29, 0.717) is 48.1 Å². The van der Waals surface area contributed by atoms with Gasteiger partial charge in [0.25, 0.3) is 5.91 Å². The first-order valence-electron chi connectivity index (χ1n) is 21.6. The molecule has 4 aromatic rings. The molecular weight excluding hydrogens is 743 g/mol. The van der Waals surface area contributed by atoms with Crippen LogP contribution >= 0.6 is 0 Å². The lowest BCUT2D eigenvalue weighted by Gasteiger charge is -2.54. The van der Waals surface area contributed by atoms with E-state index in [1.807, 2.05) is 18.2 Å². The highest BCUT2D eigenvalue weighted by molar-refractivity contribution is 6.06. The summed E-state index contributed by atoms with van der Waals surface area (Å²) in [5.74, 6) is 2.25. The van der Waals surface area contributed by atoms with Gasteiger partial charge < -0.3 is 24.5 Å². The van der Waals surface area contributed by atoms with Gasteiger partial charge in [0.2, 0.25) is 17.8 Å². The number of phenolic OH excluding ortho intramolecular Hbond substituents is 1. The number of aryl methyl sites for hydroxylation is 1. The lowest BCUT2D eigenvalue weighted by atomic mass is 9.57. The normalized spacial score (nSPS) is 26.4. The molecule has 2 N–H and O–H groups in total. The minimum atomic E-state index is -0.621. The molecule has 12 nitrogen and oxygen atoms in total. The number of piperidine rings is 2. The first kappa shape index (κ1) is 36.6. The minimum absolute atomic E-state index is 0.143. The van der Waals surface area contributed by atoms with Gasteiger partial charge in [-0.3, -0.25) is 24.6 Å². The number of rotatable bonds is 6. The third-order valence-electron chi connectivity index (χ3n) is 14.8. The summed E-state index contributed by atoms with van der Waals surface area (Å²) in [7, 11) is 0. The molecule has 7 aliphatic rings. The molecule has 3 saturated heterocycles. The Hall–Kier alpha value is -5.49. The Kier molecular flexibility index (Phi) is 8.90. The zero-order chi connectivity index (χ0) is 39.8. The van der Waals surface area contributed by atoms with Crippen molar-refractivity contribution in [1.29, 1.82) is 0 Å². The van der Waals surface area contributed by atoms with E-state index in [2.05, 4.69) is 74.9 Å². The van der Waals surface area contributed by atoms with Crippen LogP contribution in [0, 0.1) is 11.3 Å². The topological polar surface area (TPSA) is 131 Å². The van der Waals surface area contributed by atoms with Gasteiger partial charge in [0, 0.05) is 76.1 Å². The Morgan fingerprint density at radius 1 is 0.847 bits per heavy atom. The predicted octanol–water partition coefficient (Wildman–Crippen LogP) is 5.38. The van der Waals surface area contributed by atoms with E-state index in [4.69, 9.17) is 14.7 Å². The number of carbonyl (C=O) groups excluding carboxylic acids is 3. The van der Waals surface area contributed by atoms with Gasteiger partial charge in [-0.15, -0.1) is 0 Å². The molecule has 59 heavy (non-hydrogen) atoms. The molecule has 3 aromatic carbocycles. The summed E-state index contributed by atoms with van der Waals surface area (Å²) in [4.78, 5) is 56.7. The van der Waals surface area contributed by atoms with Crippen LogP contribution in [0.1, 0.15) is 95.0 Å². The molecule has 6 heterocycles. The molecule has 304 valence electrons. The van der Waals surface area contributed by atoms with Crippen molar-refractivity contribution < 1.29 is 24.2 Å². The average molecular weight is 794 g/mol. The fourth-order valence-corrected chi connectivity index (χ4v) is 11.8. The van der Waals surface area contributed by atoms with Crippen LogP contribution in [-0.4, -0.2) is 101 Å². The molecule has 12 heteroatoms. The Balaban J connectivity index is 0.687. The third kappa shape index (κ3) is 6.50. The molecule has 11 rings (SSSR count). The number of piperazine rings is 1. The van der Waals surface area contributed by atoms with Gasteiger partial charge in [-0.05, 0) is 114 Å². The number of phenols is 1. The summed E-state index contributed by atoms with van der Waals surface area (Å²) < 4.78 is 6.30. The van der Waals surface area contributed by atoms with Crippen molar-refractivity contribution in [3.8, 4) is 11.5 Å².